The van der Waals surface area contributed by atoms with Crippen molar-refractivity contribution in [1.82, 2.24) is 9.88 Å². The third-order valence-corrected chi connectivity index (χ3v) is 4.83. The number of benzene rings is 2. The van der Waals surface area contributed by atoms with Gasteiger partial charge in [-0.2, -0.15) is 5.26 Å². The van der Waals surface area contributed by atoms with Crippen molar-refractivity contribution in [2.75, 3.05) is 25.0 Å². The van der Waals surface area contributed by atoms with Crippen LogP contribution in [0, 0.1) is 11.3 Å². The number of nitrogens with zero attached hydrogens (tertiary/aromatic N) is 3. The highest BCUT2D eigenvalue weighted by molar-refractivity contribution is 6.21. The van der Waals surface area contributed by atoms with Crippen molar-refractivity contribution < 1.29 is 18.7 Å². The van der Waals surface area contributed by atoms with Gasteiger partial charge < -0.3 is 14.5 Å². The maximum Gasteiger partial charge on any atom is 0.261 e. The van der Waals surface area contributed by atoms with E-state index in [0.29, 0.717) is 43.0 Å². The second-order valence-electron chi connectivity index (χ2n) is 6.90. The van der Waals surface area contributed by atoms with E-state index in [1.807, 2.05) is 36.4 Å². The number of nitriles is 1. The van der Waals surface area contributed by atoms with Crippen molar-refractivity contribution in [3.8, 4) is 11.8 Å². The Balaban J connectivity index is 1.28. The largest absolute Gasteiger partial charge is 0.492 e. The molecule has 4 rings (SSSR count). The summed E-state index contributed by atoms with van der Waals surface area (Å²) in [7, 11) is 0. The molecule has 2 aromatic carbocycles. The first kappa shape index (κ1) is 20.2. The van der Waals surface area contributed by atoms with Gasteiger partial charge in [0.2, 0.25) is 11.6 Å². The van der Waals surface area contributed by atoms with Crippen molar-refractivity contribution in [3.05, 3.63) is 77.3 Å². The van der Waals surface area contributed by atoms with Crippen LogP contribution in [0.4, 0.5) is 5.88 Å². The number of aromatic nitrogens is 1. The van der Waals surface area contributed by atoms with Crippen molar-refractivity contribution in [2.45, 2.75) is 12.8 Å². The Kier molecular flexibility index (Phi) is 5.94. The van der Waals surface area contributed by atoms with Gasteiger partial charge in [0, 0.05) is 13.0 Å². The molecular weight excluding hydrogens is 396 g/mol. The van der Waals surface area contributed by atoms with Gasteiger partial charge in [-0.3, -0.25) is 14.5 Å². The summed E-state index contributed by atoms with van der Waals surface area (Å²) in [5, 5.41) is 12.3. The molecule has 0 fully saturated rings. The van der Waals surface area contributed by atoms with Crippen molar-refractivity contribution in [2.24, 2.45) is 0 Å². The predicted molar refractivity (Wildman–Crippen MR) is 112 cm³/mol. The second kappa shape index (κ2) is 9.13. The number of amides is 2. The average Bonchev–Trinajstić information content (AvgIpc) is 3.31. The highest BCUT2D eigenvalue weighted by Gasteiger charge is 2.34. The van der Waals surface area contributed by atoms with Crippen LogP contribution < -0.4 is 10.1 Å². The number of oxazole rings is 1. The summed E-state index contributed by atoms with van der Waals surface area (Å²) in [6.07, 6.45) is 0.873. The quantitative estimate of drug-likeness (QED) is 0.421. The molecule has 1 N–H and O–H groups in total. The molecule has 8 nitrogen and oxygen atoms in total. The van der Waals surface area contributed by atoms with Gasteiger partial charge in [0.05, 0.1) is 17.7 Å². The van der Waals surface area contributed by atoms with Crippen molar-refractivity contribution in [3.63, 3.8) is 0 Å². The number of imide groups is 1. The SMILES string of the molecule is N#Cc1nc(CCCN2C(=O)c3ccccc3C2=O)oc1NCCOc1ccccc1. The number of carbonyl (C=O) groups excluding carboxylic acids is 2. The van der Waals surface area contributed by atoms with Gasteiger partial charge in [-0.05, 0) is 30.7 Å². The number of para-hydroxylation sites is 1. The lowest BCUT2D eigenvalue weighted by molar-refractivity contribution is 0.0651. The minimum atomic E-state index is -0.286. The molecule has 2 heterocycles. The Morgan fingerprint density at radius 1 is 1.03 bits per heavy atom. The molecule has 0 saturated carbocycles. The molecule has 0 aliphatic carbocycles. The van der Waals surface area contributed by atoms with Gasteiger partial charge in [0.15, 0.2) is 5.89 Å². The number of ether oxygens (including phenoxy) is 1. The molecule has 2 amide bonds. The number of carbonyl (C=O) groups is 2. The molecule has 8 heteroatoms. The first-order chi connectivity index (χ1) is 15.2. The van der Waals surface area contributed by atoms with Gasteiger partial charge in [0.1, 0.15) is 18.4 Å². The summed E-state index contributed by atoms with van der Waals surface area (Å²) < 4.78 is 11.2. The topological polar surface area (TPSA) is 108 Å². The van der Waals surface area contributed by atoms with Crippen LogP contribution in [-0.4, -0.2) is 41.4 Å². The number of hydrogen-bond acceptors (Lipinski definition) is 7. The van der Waals surface area contributed by atoms with Crippen LogP contribution in [0.2, 0.25) is 0 Å². The summed E-state index contributed by atoms with van der Waals surface area (Å²) >= 11 is 0. The first-order valence-corrected chi connectivity index (χ1v) is 9.94. The van der Waals surface area contributed by atoms with E-state index in [-0.39, 0.29) is 29.9 Å². The zero-order valence-corrected chi connectivity index (χ0v) is 16.7. The smallest absolute Gasteiger partial charge is 0.261 e. The van der Waals surface area contributed by atoms with Gasteiger partial charge in [-0.1, -0.05) is 30.3 Å². The van der Waals surface area contributed by atoms with E-state index in [9.17, 15) is 14.9 Å². The van der Waals surface area contributed by atoms with Gasteiger partial charge in [-0.15, -0.1) is 0 Å². The lowest BCUT2D eigenvalue weighted by Crippen LogP contribution is -2.30. The molecule has 1 aromatic heterocycles. The number of aryl methyl sites for hydroxylation is 1. The van der Waals surface area contributed by atoms with Crippen molar-refractivity contribution >= 4 is 17.7 Å². The number of anilines is 1. The molecule has 0 radical (unpaired) electrons. The average molecular weight is 416 g/mol. The fourth-order valence-corrected chi connectivity index (χ4v) is 3.35. The van der Waals surface area contributed by atoms with Gasteiger partial charge in [-0.25, -0.2) is 4.98 Å². The molecule has 0 bridgehead atoms. The molecule has 0 saturated heterocycles. The zero-order valence-electron chi connectivity index (χ0n) is 16.7. The van der Waals surface area contributed by atoms with E-state index in [1.165, 1.54) is 4.90 Å². The molecule has 0 unspecified atom stereocenters. The van der Waals surface area contributed by atoms with E-state index in [1.54, 1.807) is 24.3 Å². The zero-order chi connectivity index (χ0) is 21.6. The summed E-state index contributed by atoms with van der Waals surface area (Å²) in [6.45, 7) is 1.09. The lowest BCUT2D eigenvalue weighted by Gasteiger charge is -2.12. The number of fused-ring (bicyclic) bond motifs is 1. The van der Waals surface area contributed by atoms with E-state index in [2.05, 4.69) is 10.3 Å². The van der Waals surface area contributed by atoms with Gasteiger partial charge in [0.25, 0.3) is 11.8 Å². The Hall–Kier alpha value is -4.12. The monoisotopic (exact) mass is 416 g/mol. The molecule has 0 spiro atoms. The molecular formula is C23H20N4O4. The second-order valence-corrected chi connectivity index (χ2v) is 6.90. The number of hydrogen-bond donors (Lipinski definition) is 1. The van der Waals surface area contributed by atoms with E-state index in [0.717, 1.165) is 5.75 Å². The Labute approximate surface area is 179 Å². The Morgan fingerprint density at radius 2 is 1.71 bits per heavy atom. The summed E-state index contributed by atoms with van der Waals surface area (Å²) in [6, 6.07) is 18.2. The number of rotatable bonds is 9. The normalized spacial score (nSPS) is 12.5. The highest BCUT2D eigenvalue weighted by atomic mass is 16.5. The molecule has 3 aromatic rings. The highest BCUT2D eigenvalue weighted by Crippen LogP contribution is 2.23. The van der Waals surface area contributed by atoms with Crippen LogP contribution in [0.3, 0.4) is 0 Å². The van der Waals surface area contributed by atoms with Crippen LogP contribution >= 0.6 is 0 Å². The van der Waals surface area contributed by atoms with Crippen LogP contribution in [0.5, 0.6) is 5.75 Å². The molecule has 0 atom stereocenters. The van der Waals surface area contributed by atoms with Crippen LogP contribution in [0.1, 0.15) is 38.7 Å². The van der Waals surface area contributed by atoms with Crippen molar-refractivity contribution in [1.29, 1.82) is 5.26 Å². The molecule has 1 aliphatic rings. The fraction of sp³-hybridized carbons (Fsp3) is 0.217. The third-order valence-electron chi connectivity index (χ3n) is 4.83. The predicted octanol–water partition coefficient (Wildman–Crippen LogP) is 3.27. The maximum absolute atomic E-state index is 12.4. The minimum Gasteiger partial charge on any atom is -0.492 e. The molecule has 1 aliphatic heterocycles. The molecule has 156 valence electrons. The van der Waals surface area contributed by atoms with Gasteiger partial charge >= 0.3 is 0 Å². The van der Waals surface area contributed by atoms with Crippen LogP contribution in [0.15, 0.2) is 59.0 Å². The Morgan fingerprint density at radius 3 is 2.39 bits per heavy atom. The Bertz CT molecular complexity index is 1100. The lowest BCUT2D eigenvalue weighted by atomic mass is 10.1. The van der Waals surface area contributed by atoms with E-state index >= 15 is 0 Å². The summed E-state index contributed by atoms with van der Waals surface area (Å²) in [5.41, 5.74) is 1.02. The standard InChI is InChI=1S/C23H20N4O4/c24-15-19-21(25-12-14-30-16-7-2-1-3-8-16)31-20(26-19)11-6-13-27-22(28)17-9-4-5-10-18(17)23(27)29/h1-5,7-10,25H,6,11-14H2. The number of nitrogens with one attached hydrogen (secondary N) is 1. The van der Waals surface area contributed by atoms with E-state index in [4.69, 9.17) is 9.15 Å². The van der Waals surface area contributed by atoms with Crippen LogP contribution in [-0.2, 0) is 6.42 Å². The fourth-order valence-electron chi connectivity index (χ4n) is 3.35. The van der Waals surface area contributed by atoms with E-state index < -0.39 is 0 Å². The summed E-state index contributed by atoms with van der Waals surface area (Å²) in [4.78, 5) is 30.2. The first-order valence-electron chi connectivity index (χ1n) is 9.94. The van der Waals surface area contributed by atoms with Crippen LogP contribution in [0.25, 0.3) is 0 Å². The minimum absolute atomic E-state index is 0.162. The maximum atomic E-state index is 12.4. The third kappa shape index (κ3) is 4.41. The molecule has 31 heavy (non-hydrogen) atoms. The summed E-state index contributed by atoms with van der Waals surface area (Å²) in [5.74, 6) is 0.851.